The first-order valence-corrected chi connectivity index (χ1v) is 8.30. The maximum Gasteiger partial charge on any atom is 0.168 e. The van der Waals surface area contributed by atoms with E-state index in [-0.39, 0.29) is 5.79 Å². The van der Waals surface area contributed by atoms with E-state index < -0.39 is 0 Å². The summed E-state index contributed by atoms with van der Waals surface area (Å²) in [4.78, 5) is 0. The molecule has 3 fully saturated rings. The van der Waals surface area contributed by atoms with Crippen molar-refractivity contribution in [1.82, 2.24) is 5.32 Å². The summed E-state index contributed by atoms with van der Waals surface area (Å²) < 4.78 is 11.6. The first kappa shape index (κ1) is 13.8. The largest absolute Gasteiger partial charge is 0.348 e. The Morgan fingerprint density at radius 2 is 1.53 bits per heavy atom. The zero-order valence-corrected chi connectivity index (χ0v) is 12.3. The molecule has 1 aliphatic heterocycles. The van der Waals surface area contributed by atoms with Gasteiger partial charge in [0.25, 0.3) is 0 Å². The standard InChI is InChI=1S/C16H29NO2/c1-13-3-2-4-14(6-5-13)17-15-7-9-16(10-8-15)18-11-12-19-16/h13-15,17H,2-12H2,1H3. The van der Waals surface area contributed by atoms with Crippen molar-refractivity contribution >= 4 is 0 Å². The smallest absolute Gasteiger partial charge is 0.168 e. The molecule has 0 radical (unpaired) electrons. The molecule has 0 aromatic rings. The quantitative estimate of drug-likeness (QED) is 0.779. The third-order valence-electron chi connectivity index (χ3n) is 5.29. The lowest BCUT2D eigenvalue weighted by Gasteiger charge is -2.37. The topological polar surface area (TPSA) is 30.5 Å². The second kappa shape index (κ2) is 6.11. The van der Waals surface area contributed by atoms with Gasteiger partial charge in [0.2, 0.25) is 0 Å². The van der Waals surface area contributed by atoms with Crippen molar-refractivity contribution in [2.45, 2.75) is 82.6 Å². The molecule has 0 aromatic carbocycles. The van der Waals surface area contributed by atoms with E-state index in [4.69, 9.17) is 9.47 Å². The van der Waals surface area contributed by atoms with Crippen LogP contribution in [-0.4, -0.2) is 31.1 Å². The maximum atomic E-state index is 5.80. The molecule has 110 valence electrons. The Kier molecular flexibility index (Phi) is 4.45. The minimum absolute atomic E-state index is 0.198. The normalized spacial score (nSPS) is 36.5. The molecule has 3 heteroatoms. The average Bonchev–Trinajstić information content (AvgIpc) is 2.77. The molecule has 2 atom stereocenters. The first-order valence-electron chi connectivity index (χ1n) is 8.30. The van der Waals surface area contributed by atoms with Crippen LogP contribution in [0.15, 0.2) is 0 Å². The summed E-state index contributed by atoms with van der Waals surface area (Å²) >= 11 is 0. The second-order valence-electron chi connectivity index (χ2n) is 6.86. The van der Waals surface area contributed by atoms with Crippen LogP contribution < -0.4 is 5.32 Å². The lowest BCUT2D eigenvalue weighted by molar-refractivity contribution is -0.179. The highest BCUT2D eigenvalue weighted by atomic mass is 16.7. The van der Waals surface area contributed by atoms with Crippen LogP contribution in [0.2, 0.25) is 0 Å². The van der Waals surface area contributed by atoms with Gasteiger partial charge in [-0.1, -0.05) is 19.8 Å². The Hall–Kier alpha value is -0.120. The summed E-state index contributed by atoms with van der Waals surface area (Å²) in [7, 11) is 0. The van der Waals surface area contributed by atoms with E-state index in [1.165, 1.54) is 44.9 Å². The van der Waals surface area contributed by atoms with Crippen LogP contribution in [0.5, 0.6) is 0 Å². The molecule has 0 bridgehead atoms. The number of rotatable bonds is 2. The van der Waals surface area contributed by atoms with E-state index in [0.29, 0.717) is 6.04 Å². The Balaban J connectivity index is 1.44. The van der Waals surface area contributed by atoms with Gasteiger partial charge < -0.3 is 14.8 Å². The molecule has 19 heavy (non-hydrogen) atoms. The van der Waals surface area contributed by atoms with Crippen LogP contribution >= 0.6 is 0 Å². The summed E-state index contributed by atoms with van der Waals surface area (Å²) in [5.74, 6) is 0.734. The van der Waals surface area contributed by atoms with E-state index >= 15 is 0 Å². The van der Waals surface area contributed by atoms with Gasteiger partial charge in [0.1, 0.15) is 0 Å². The zero-order valence-electron chi connectivity index (χ0n) is 12.3. The Morgan fingerprint density at radius 3 is 2.26 bits per heavy atom. The third kappa shape index (κ3) is 3.50. The van der Waals surface area contributed by atoms with Crippen LogP contribution in [0.1, 0.15) is 64.7 Å². The first-order chi connectivity index (χ1) is 9.26. The van der Waals surface area contributed by atoms with Crippen molar-refractivity contribution in [3.05, 3.63) is 0 Å². The fraction of sp³-hybridized carbons (Fsp3) is 1.00. The molecule has 2 aliphatic carbocycles. The summed E-state index contributed by atoms with van der Waals surface area (Å²) in [5.41, 5.74) is 0. The van der Waals surface area contributed by atoms with Crippen molar-refractivity contribution in [2.24, 2.45) is 5.92 Å². The highest BCUT2D eigenvalue weighted by Crippen LogP contribution is 2.36. The van der Waals surface area contributed by atoms with E-state index in [1.54, 1.807) is 0 Å². The summed E-state index contributed by atoms with van der Waals surface area (Å²) in [6, 6.07) is 1.45. The van der Waals surface area contributed by atoms with E-state index in [9.17, 15) is 0 Å². The van der Waals surface area contributed by atoms with Gasteiger partial charge in [-0.15, -0.1) is 0 Å². The van der Waals surface area contributed by atoms with Crippen molar-refractivity contribution in [3.63, 3.8) is 0 Å². The molecule has 3 rings (SSSR count). The average molecular weight is 267 g/mol. The molecule has 1 heterocycles. The molecule has 0 aromatic heterocycles. The van der Waals surface area contributed by atoms with Crippen molar-refractivity contribution in [1.29, 1.82) is 0 Å². The molecular weight excluding hydrogens is 238 g/mol. The second-order valence-corrected chi connectivity index (χ2v) is 6.86. The van der Waals surface area contributed by atoms with E-state index in [0.717, 1.165) is 38.0 Å². The summed E-state index contributed by atoms with van der Waals surface area (Å²) in [6.45, 7) is 3.98. The Labute approximate surface area is 117 Å². The van der Waals surface area contributed by atoms with Gasteiger partial charge in [-0.25, -0.2) is 0 Å². The van der Waals surface area contributed by atoms with Crippen LogP contribution in [0.3, 0.4) is 0 Å². The molecule has 2 saturated carbocycles. The van der Waals surface area contributed by atoms with Gasteiger partial charge in [0.15, 0.2) is 5.79 Å². The fourth-order valence-electron chi connectivity index (χ4n) is 4.00. The molecule has 3 nitrogen and oxygen atoms in total. The van der Waals surface area contributed by atoms with Crippen molar-refractivity contribution in [2.75, 3.05) is 13.2 Å². The summed E-state index contributed by atoms with van der Waals surface area (Å²) in [5, 5.41) is 3.91. The van der Waals surface area contributed by atoms with Gasteiger partial charge in [-0.2, -0.15) is 0 Å². The molecule has 3 aliphatic rings. The summed E-state index contributed by atoms with van der Waals surface area (Å²) in [6.07, 6.45) is 11.6. The monoisotopic (exact) mass is 267 g/mol. The highest BCUT2D eigenvalue weighted by Gasteiger charge is 2.40. The third-order valence-corrected chi connectivity index (χ3v) is 5.29. The minimum Gasteiger partial charge on any atom is -0.348 e. The molecular formula is C16H29NO2. The highest BCUT2D eigenvalue weighted by molar-refractivity contribution is 4.87. The Bertz CT molecular complexity index is 278. The SMILES string of the molecule is CC1CCCC(NC2CCC3(CC2)OCCO3)CC1. The fourth-order valence-corrected chi connectivity index (χ4v) is 4.00. The lowest BCUT2D eigenvalue weighted by atomic mass is 9.89. The van der Waals surface area contributed by atoms with Crippen LogP contribution in [0.4, 0.5) is 0 Å². The molecule has 1 spiro atoms. The van der Waals surface area contributed by atoms with Crippen LogP contribution in [0.25, 0.3) is 0 Å². The van der Waals surface area contributed by atoms with Gasteiger partial charge in [0.05, 0.1) is 13.2 Å². The predicted molar refractivity (Wildman–Crippen MR) is 76.1 cm³/mol. The van der Waals surface area contributed by atoms with Gasteiger partial charge in [-0.05, 0) is 38.0 Å². The molecule has 0 amide bonds. The van der Waals surface area contributed by atoms with Gasteiger partial charge in [0, 0.05) is 24.9 Å². The van der Waals surface area contributed by atoms with Crippen molar-refractivity contribution in [3.8, 4) is 0 Å². The van der Waals surface area contributed by atoms with Crippen LogP contribution in [0, 0.1) is 5.92 Å². The predicted octanol–water partition coefficient (Wildman–Crippen LogP) is 3.23. The Morgan fingerprint density at radius 1 is 0.842 bits per heavy atom. The number of hydrogen-bond acceptors (Lipinski definition) is 3. The van der Waals surface area contributed by atoms with E-state index in [1.807, 2.05) is 0 Å². The number of hydrogen-bond donors (Lipinski definition) is 1. The van der Waals surface area contributed by atoms with Gasteiger partial charge in [-0.3, -0.25) is 0 Å². The number of nitrogens with one attached hydrogen (secondary N) is 1. The van der Waals surface area contributed by atoms with Crippen molar-refractivity contribution < 1.29 is 9.47 Å². The van der Waals surface area contributed by atoms with Gasteiger partial charge >= 0.3 is 0 Å². The zero-order chi connectivity index (χ0) is 13.1. The minimum atomic E-state index is -0.198. The number of ether oxygens (including phenoxy) is 2. The van der Waals surface area contributed by atoms with Crippen LogP contribution in [-0.2, 0) is 9.47 Å². The maximum absolute atomic E-state index is 5.80. The van der Waals surface area contributed by atoms with E-state index in [2.05, 4.69) is 12.2 Å². The lowest BCUT2D eigenvalue weighted by Crippen LogP contribution is -2.45. The molecule has 2 unspecified atom stereocenters. The molecule has 1 saturated heterocycles. The molecule has 1 N–H and O–H groups in total.